The number of hydrogen-bond donors (Lipinski definition) is 2. The van der Waals surface area contributed by atoms with Crippen molar-refractivity contribution >= 4 is 33.4 Å². The van der Waals surface area contributed by atoms with Crippen LogP contribution in [0.2, 0.25) is 0 Å². The number of anilines is 1. The summed E-state index contributed by atoms with van der Waals surface area (Å²) in [5.74, 6) is 0.0532. The minimum absolute atomic E-state index is 0.218. The molecule has 3 heterocycles. The minimum Gasteiger partial charge on any atom is -0.467 e. The first-order chi connectivity index (χ1) is 12.9. The van der Waals surface area contributed by atoms with Crippen LogP contribution < -0.4 is 10.6 Å². The molecule has 0 atom stereocenters. The zero-order valence-corrected chi connectivity index (χ0v) is 16.5. The van der Waals surface area contributed by atoms with E-state index in [9.17, 15) is 9.59 Å². The average Bonchev–Trinajstić information content (AvgIpc) is 3.34. The third-order valence-corrected chi connectivity index (χ3v) is 4.66. The topological polar surface area (TPSA) is 107 Å². The van der Waals surface area contributed by atoms with Gasteiger partial charge in [0.1, 0.15) is 11.5 Å². The van der Waals surface area contributed by atoms with Crippen molar-refractivity contribution in [3.8, 4) is 0 Å². The molecule has 0 spiro atoms. The van der Waals surface area contributed by atoms with Gasteiger partial charge in [0.2, 0.25) is 5.91 Å². The fourth-order valence-electron chi connectivity index (χ4n) is 2.50. The molecule has 0 aromatic carbocycles. The number of aryl methyl sites for hydroxylation is 3. The highest BCUT2D eigenvalue weighted by Gasteiger charge is 2.19. The minimum atomic E-state index is -0.353. The largest absolute Gasteiger partial charge is 0.467 e. The third kappa shape index (κ3) is 4.64. The fraction of sp³-hybridized carbons (Fsp3) is 0.294. The summed E-state index contributed by atoms with van der Waals surface area (Å²) >= 11 is 3.39. The van der Waals surface area contributed by atoms with E-state index in [2.05, 4.69) is 36.8 Å². The Kier molecular flexibility index (Phi) is 5.75. The Labute approximate surface area is 163 Å². The lowest BCUT2D eigenvalue weighted by Crippen LogP contribution is -2.26. The number of hydrogen-bond acceptors (Lipinski definition) is 5. The smallest absolute Gasteiger partial charge is 0.272 e. The van der Waals surface area contributed by atoms with Crippen LogP contribution in [-0.4, -0.2) is 31.4 Å². The standard InChI is InChI=1S/C17H19BrN6O3/c1-11-13(18)10-24(22-11)6-5-15(25)21-14-9-20-23(2)16(14)17(26)19-8-12-4-3-7-27-12/h3-4,7,9-10H,5-6,8H2,1-2H3,(H,19,26)(H,21,25). The maximum absolute atomic E-state index is 12.5. The lowest BCUT2D eigenvalue weighted by atomic mass is 10.3. The fourth-order valence-corrected chi connectivity index (χ4v) is 2.82. The number of rotatable bonds is 7. The highest BCUT2D eigenvalue weighted by molar-refractivity contribution is 9.10. The van der Waals surface area contributed by atoms with Gasteiger partial charge in [-0.25, -0.2) is 0 Å². The van der Waals surface area contributed by atoms with E-state index in [-0.39, 0.29) is 30.5 Å². The Morgan fingerprint density at radius 1 is 1.37 bits per heavy atom. The molecule has 3 aromatic rings. The van der Waals surface area contributed by atoms with Gasteiger partial charge in [-0.3, -0.25) is 19.0 Å². The Bertz CT molecular complexity index is 925. The monoisotopic (exact) mass is 434 g/mol. The molecule has 9 nitrogen and oxygen atoms in total. The Morgan fingerprint density at radius 2 is 2.19 bits per heavy atom. The molecule has 27 heavy (non-hydrogen) atoms. The maximum Gasteiger partial charge on any atom is 0.272 e. The molecule has 0 unspecified atom stereocenters. The highest BCUT2D eigenvalue weighted by atomic mass is 79.9. The zero-order valence-electron chi connectivity index (χ0n) is 14.9. The molecule has 0 saturated heterocycles. The number of aromatic nitrogens is 4. The van der Waals surface area contributed by atoms with Crippen molar-refractivity contribution in [2.75, 3.05) is 5.32 Å². The van der Waals surface area contributed by atoms with Crippen LogP contribution in [0.25, 0.3) is 0 Å². The summed E-state index contributed by atoms with van der Waals surface area (Å²) in [4.78, 5) is 24.7. The number of furan rings is 1. The lowest BCUT2D eigenvalue weighted by Gasteiger charge is -2.08. The van der Waals surface area contributed by atoms with Crippen molar-refractivity contribution in [3.05, 3.63) is 52.4 Å². The Morgan fingerprint density at radius 3 is 2.85 bits per heavy atom. The molecule has 0 radical (unpaired) electrons. The molecule has 0 aliphatic carbocycles. The summed E-state index contributed by atoms with van der Waals surface area (Å²) in [6, 6.07) is 3.51. The van der Waals surface area contributed by atoms with E-state index in [0.29, 0.717) is 18.0 Å². The molecule has 0 fully saturated rings. The molecule has 142 valence electrons. The predicted octanol–water partition coefficient (Wildman–Crippen LogP) is 2.24. The van der Waals surface area contributed by atoms with Gasteiger partial charge in [-0.1, -0.05) is 0 Å². The molecule has 10 heteroatoms. The van der Waals surface area contributed by atoms with Crippen LogP contribution in [-0.2, 0) is 24.9 Å². The molecule has 3 aromatic heterocycles. The van der Waals surface area contributed by atoms with Crippen LogP contribution in [0.3, 0.4) is 0 Å². The van der Waals surface area contributed by atoms with E-state index in [1.165, 1.54) is 17.1 Å². The molecule has 0 bridgehead atoms. The van der Waals surface area contributed by atoms with Crippen LogP contribution >= 0.6 is 15.9 Å². The van der Waals surface area contributed by atoms with Crippen molar-refractivity contribution in [2.24, 2.45) is 7.05 Å². The Balaban J connectivity index is 1.59. The van der Waals surface area contributed by atoms with Crippen molar-refractivity contribution in [2.45, 2.75) is 26.4 Å². The number of nitrogens with zero attached hydrogens (tertiary/aromatic N) is 4. The van der Waals surface area contributed by atoms with Crippen LogP contribution in [0.1, 0.15) is 28.4 Å². The van der Waals surface area contributed by atoms with E-state index in [1.807, 2.05) is 13.1 Å². The van der Waals surface area contributed by atoms with Gasteiger partial charge in [0.05, 0.1) is 34.9 Å². The van der Waals surface area contributed by atoms with Gasteiger partial charge in [-0.2, -0.15) is 10.2 Å². The highest BCUT2D eigenvalue weighted by Crippen LogP contribution is 2.16. The average molecular weight is 435 g/mol. The first-order valence-corrected chi connectivity index (χ1v) is 9.05. The summed E-state index contributed by atoms with van der Waals surface area (Å²) in [5, 5.41) is 13.8. The van der Waals surface area contributed by atoms with Gasteiger partial charge in [0.15, 0.2) is 0 Å². The van der Waals surface area contributed by atoms with Gasteiger partial charge in [-0.05, 0) is 35.0 Å². The summed E-state index contributed by atoms with van der Waals surface area (Å²) < 4.78 is 9.20. The molecule has 2 amide bonds. The van der Waals surface area contributed by atoms with Crippen molar-refractivity contribution in [1.82, 2.24) is 24.9 Å². The maximum atomic E-state index is 12.5. The van der Waals surface area contributed by atoms with E-state index >= 15 is 0 Å². The van der Waals surface area contributed by atoms with E-state index < -0.39 is 0 Å². The lowest BCUT2D eigenvalue weighted by molar-refractivity contribution is -0.116. The molecular formula is C17H19BrN6O3. The van der Waals surface area contributed by atoms with Crippen molar-refractivity contribution in [1.29, 1.82) is 0 Å². The second-order valence-electron chi connectivity index (χ2n) is 5.92. The van der Waals surface area contributed by atoms with E-state index in [0.717, 1.165) is 10.2 Å². The first kappa shape index (κ1) is 18.9. The van der Waals surface area contributed by atoms with Gasteiger partial charge >= 0.3 is 0 Å². The summed E-state index contributed by atoms with van der Waals surface area (Å²) in [6.07, 6.45) is 5.03. The normalized spacial score (nSPS) is 10.8. The van der Waals surface area contributed by atoms with E-state index in [4.69, 9.17) is 4.42 Å². The van der Waals surface area contributed by atoms with Gasteiger partial charge in [0.25, 0.3) is 5.91 Å². The van der Waals surface area contributed by atoms with Gasteiger partial charge < -0.3 is 15.1 Å². The molecule has 0 aliphatic rings. The molecule has 3 rings (SSSR count). The number of nitrogens with one attached hydrogen (secondary N) is 2. The number of halogens is 1. The van der Waals surface area contributed by atoms with Gasteiger partial charge in [-0.15, -0.1) is 0 Å². The van der Waals surface area contributed by atoms with Crippen molar-refractivity contribution in [3.63, 3.8) is 0 Å². The number of amides is 2. The third-order valence-electron chi connectivity index (χ3n) is 3.89. The number of carbonyl (C=O) groups is 2. The molecule has 2 N–H and O–H groups in total. The van der Waals surface area contributed by atoms with Crippen LogP contribution in [0.5, 0.6) is 0 Å². The first-order valence-electron chi connectivity index (χ1n) is 8.26. The van der Waals surface area contributed by atoms with Crippen LogP contribution in [0, 0.1) is 6.92 Å². The second-order valence-corrected chi connectivity index (χ2v) is 6.77. The predicted molar refractivity (Wildman–Crippen MR) is 101 cm³/mol. The SMILES string of the molecule is Cc1nn(CCC(=O)Nc2cnn(C)c2C(=O)NCc2ccco2)cc1Br. The Hall–Kier alpha value is -2.88. The number of carbonyl (C=O) groups excluding carboxylic acids is 2. The van der Waals surface area contributed by atoms with E-state index in [1.54, 1.807) is 23.9 Å². The summed E-state index contributed by atoms with van der Waals surface area (Å²) in [5.41, 5.74) is 1.49. The van der Waals surface area contributed by atoms with Crippen molar-refractivity contribution < 1.29 is 14.0 Å². The molecule has 0 aliphatic heterocycles. The summed E-state index contributed by atoms with van der Waals surface area (Å²) in [7, 11) is 1.64. The van der Waals surface area contributed by atoms with Gasteiger partial charge in [0, 0.05) is 26.2 Å². The second kappa shape index (κ2) is 8.21. The summed E-state index contributed by atoms with van der Waals surface area (Å²) in [6.45, 7) is 2.56. The van der Waals surface area contributed by atoms with Crippen LogP contribution in [0.15, 0.2) is 39.7 Å². The zero-order chi connectivity index (χ0) is 19.4. The molecule has 0 saturated carbocycles. The quantitative estimate of drug-likeness (QED) is 0.592. The molecular weight excluding hydrogens is 416 g/mol. The van der Waals surface area contributed by atoms with Crippen LogP contribution in [0.4, 0.5) is 5.69 Å².